The van der Waals surface area contributed by atoms with Gasteiger partial charge < -0.3 is 13.9 Å². The average molecular weight is 353 g/mol. The predicted molar refractivity (Wildman–Crippen MR) is 99.3 cm³/mol. The van der Waals surface area contributed by atoms with Gasteiger partial charge in [0.15, 0.2) is 8.32 Å². The van der Waals surface area contributed by atoms with E-state index in [4.69, 9.17) is 13.9 Å². The average Bonchev–Trinajstić information content (AvgIpc) is 2.52. The molecule has 0 saturated heterocycles. The van der Waals surface area contributed by atoms with E-state index in [9.17, 15) is 4.79 Å². The van der Waals surface area contributed by atoms with Crippen LogP contribution in [0, 0.1) is 5.92 Å². The number of benzene rings is 1. The van der Waals surface area contributed by atoms with Crippen LogP contribution in [0.15, 0.2) is 30.3 Å². The maximum Gasteiger partial charge on any atom is 0.311 e. The summed E-state index contributed by atoms with van der Waals surface area (Å²) in [5.74, 6) is -0.623. The molecule has 1 rings (SSSR count). The molecule has 0 saturated carbocycles. The van der Waals surface area contributed by atoms with Gasteiger partial charge in [-0.2, -0.15) is 0 Å². The van der Waals surface area contributed by atoms with Crippen LogP contribution in [-0.4, -0.2) is 34.1 Å². The third kappa shape index (κ3) is 6.04. The van der Waals surface area contributed by atoms with Gasteiger partial charge in [-0.25, -0.2) is 0 Å². The molecule has 0 aliphatic rings. The number of hydrogen-bond acceptors (Lipinski definition) is 4. The minimum Gasteiger partial charge on any atom is -0.469 e. The van der Waals surface area contributed by atoms with E-state index in [1.807, 2.05) is 37.3 Å². The van der Waals surface area contributed by atoms with Crippen LogP contribution in [0.5, 0.6) is 0 Å². The quantitative estimate of drug-likeness (QED) is 0.514. The SMILES string of the molecule is COC(=O)[C@@H](C)[C@@H](COCc1ccccc1)O[Si](C)(C)C(C)(C)C. The fraction of sp³-hybridized carbons (Fsp3) is 0.632. The molecule has 4 nitrogen and oxygen atoms in total. The third-order valence-corrected chi connectivity index (χ3v) is 9.28. The molecule has 24 heavy (non-hydrogen) atoms. The zero-order valence-corrected chi connectivity index (χ0v) is 17.1. The van der Waals surface area contributed by atoms with Crippen LogP contribution >= 0.6 is 0 Å². The first-order valence-electron chi connectivity index (χ1n) is 8.46. The lowest BCUT2D eigenvalue weighted by molar-refractivity contribution is -0.149. The van der Waals surface area contributed by atoms with Crippen molar-refractivity contribution in [3.8, 4) is 0 Å². The van der Waals surface area contributed by atoms with Crippen molar-refractivity contribution in [1.29, 1.82) is 0 Å². The van der Waals surface area contributed by atoms with Crippen molar-refractivity contribution in [3.05, 3.63) is 35.9 Å². The van der Waals surface area contributed by atoms with Crippen molar-refractivity contribution < 1.29 is 18.7 Å². The van der Waals surface area contributed by atoms with Crippen LogP contribution in [0.3, 0.4) is 0 Å². The number of hydrogen-bond donors (Lipinski definition) is 0. The largest absolute Gasteiger partial charge is 0.469 e. The van der Waals surface area contributed by atoms with Crippen LogP contribution in [-0.2, 0) is 25.3 Å². The van der Waals surface area contributed by atoms with E-state index in [0.29, 0.717) is 13.2 Å². The molecule has 5 heteroatoms. The van der Waals surface area contributed by atoms with Gasteiger partial charge in [0.25, 0.3) is 0 Å². The molecule has 0 aliphatic heterocycles. The van der Waals surface area contributed by atoms with Gasteiger partial charge in [0.1, 0.15) is 0 Å². The Labute approximate surface area is 147 Å². The zero-order valence-electron chi connectivity index (χ0n) is 16.1. The highest BCUT2D eigenvalue weighted by Gasteiger charge is 2.41. The summed E-state index contributed by atoms with van der Waals surface area (Å²) >= 11 is 0. The molecule has 2 atom stereocenters. The molecular weight excluding hydrogens is 320 g/mol. The van der Waals surface area contributed by atoms with Crippen molar-refractivity contribution in [2.45, 2.75) is 58.5 Å². The highest BCUT2D eigenvalue weighted by Crippen LogP contribution is 2.38. The molecule has 0 fully saturated rings. The Kier molecular flexibility index (Phi) is 7.64. The molecule has 0 bridgehead atoms. The summed E-state index contributed by atoms with van der Waals surface area (Å²) in [6, 6.07) is 9.99. The molecule has 0 spiro atoms. The van der Waals surface area contributed by atoms with Crippen LogP contribution in [0.1, 0.15) is 33.3 Å². The second kappa shape index (κ2) is 8.79. The topological polar surface area (TPSA) is 44.8 Å². The van der Waals surface area contributed by atoms with Crippen molar-refractivity contribution in [2.24, 2.45) is 5.92 Å². The van der Waals surface area contributed by atoms with E-state index in [1.54, 1.807) is 0 Å². The van der Waals surface area contributed by atoms with Crippen LogP contribution in [0.4, 0.5) is 0 Å². The van der Waals surface area contributed by atoms with Crippen LogP contribution in [0.2, 0.25) is 18.1 Å². The van der Waals surface area contributed by atoms with E-state index < -0.39 is 8.32 Å². The Morgan fingerprint density at radius 2 is 1.75 bits per heavy atom. The van der Waals surface area contributed by atoms with Gasteiger partial charge in [0.2, 0.25) is 0 Å². The number of esters is 1. The molecule has 136 valence electrons. The van der Waals surface area contributed by atoms with Gasteiger partial charge in [-0.3, -0.25) is 4.79 Å². The standard InChI is InChI=1S/C19H32O4Si/c1-15(18(20)21-5)17(23-24(6,7)19(2,3)4)14-22-13-16-11-9-8-10-12-16/h8-12,15,17H,13-14H2,1-7H3/t15-,17+/m0/s1. The van der Waals surface area contributed by atoms with E-state index in [1.165, 1.54) is 7.11 Å². The summed E-state index contributed by atoms with van der Waals surface area (Å²) in [4.78, 5) is 12.0. The number of ether oxygens (including phenoxy) is 2. The number of carbonyl (C=O) groups is 1. The number of rotatable bonds is 8. The van der Waals surface area contributed by atoms with Crippen molar-refractivity contribution >= 4 is 14.3 Å². The summed E-state index contributed by atoms with van der Waals surface area (Å²) in [5.41, 5.74) is 1.11. The molecule has 0 aromatic heterocycles. The molecule has 0 unspecified atom stereocenters. The molecule has 0 radical (unpaired) electrons. The highest BCUT2D eigenvalue weighted by atomic mass is 28.4. The van der Waals surface area contributed by atoms with Gasteiger partial charge in [-0.1, -0.05) is 51.1 Å². The molecular formula is C19H32O4Si. The van der Waals surface area contributed by atoms with E-state index in [-0.39, 0.29) is 23.0 Å². The molecule has 1 aromatic rings. The summed E-state index contributed by atoms with van der Waals surface area (Å²) in [5, 5.41) is 0.0700. The van der Waals surface area contributed by atoms with Crippen LogP contribution in [0.25, 0.3) is 0 Å². The number of methoxy groups -OCH3 is 1. The molecule has 0 aliphatic carbocycles. The van der Waals surface area contributed by atoms with Crippen molar-refractivity contribution in [1.82, 2.24) is 0 Å². The van der Waals surface area contributed by atoms with Gasteiger partial charge in [-0.05, 0) is 30.6 Å². The van der Waals surface area contributed by atoms with E-state index in [2.05, 4.69) is 33.9 Å². The first-order valence-corrected chi connectivity index (χ1v) is 11.4. The first kappa shape index (κ1) is 20.9. The third-order valence-electron chi connectivity index (χ3n) is 4.78. The summed E-state index contributed by atoms with van der Waals surface area (Å²) in [6.45, 7) is 13.6. The lowest BCUT2D eigenvalue weighted by Crippen LogP contribution is -2.48. The maximum atomic E-state index is 12.0. The summed E-state index contributed by atoms with van der Waals surface area (Å²) in [6.07, 6.45) is -0.304. The smallest absolute Gasteiger partial charge is 0.311 e. The van der Waals surface area contributed by atoms with Crippen LogP contribution < -0.4 is 0 Å². The number of carbonyl (C=O) groups excluding carboxylic acids is 1. The molecule has 0 N–H and O–H groups in total. The van der Waals surface area contributed by atoms with E-state index >= 15 is 0 Å². The van der Waals surface area contributed by atoms with Gasteiger partial charge in [0.05, 0.1) is 32.3 Å². The first-order chi connectivity index (χ1) is 11.1. The molecule has 1 aromatic carbocycles. The second-order valence-electron chi connectivity index (χ2n) is 7.73. The normalized spacial score (nSPS) is 15.0. The highest BCUT2D eigenvalue weighted by molar-refractivity contribution is 6.74. The minimum absolute atomic E-state index is 0.0700. The second-order valence-corrected chi connectivity index (χ2v) is 12.5. The Morgan fingerprint density at radius 1 is 1.17 bits per heavy atom. The summed E-state index contributed by atoms with van der Waals surface area (Å²) in [7, 11) is -0.597. The Hall–Kier alpha value is -1.17. The van der Waals surface area contributed by atoms with Gasteiger partial charge in [-0.15, -0.1) is 0 Å². The monoisotopic (exact) mass is 352 g/mol. The molecule has 0 amide bonds. The lowest BCUT2D eigenvalue weighted by Gasteiger charge is -2.40. The fourth-order valence-electron chi connectivity index (χ4n) is 2.04. The fourth-order valence-corrected chi connectivity index (χ4v) is 3.42. The molecule has 0 heterocycles. The Bertz CT molecular complexity index is 508. The van der Waals surface area contributed by atoms with Crippen molar-refractivity contribution in [2.75, 3.05) is 13.7 Å². The van der Waals surface area contributed by atoms with Gasteiger partial charge in [0, 0.05) is 0 Å². The van der Waals surface area contributed by atoms with Crippen molar-refractivity contribution in [3.63, 3.8) is 0 Å². The maximum absolute atomic E-state index is 12.0. The lowest BCUT2D eigenvalue weighted by atomic mass is 10.1. The predicted octanol–water partition coefficient (Wildman–Crippen LogP) is 4.40. The Balaban J connectivity index is 2.76. The van der Waals surface area contributed by atoms with Gasteiger partial charge >= 0.3 is 5.97 Å². The summed E-state index contributed by atoms with van der Waals surface area (Å²) < 4.78 is 17.2. The zero-order chi connectivity index (χ0) is 18.4. The minimum atomic E-state index is -2.01. The Morgan fingerprint density at radius 3 is 2.25 bits per heavy atom. The van der Waals surface area contributed by atoms with E-state index in [0.717, 1.165) is 5.56 Å².